The quantitative estimate of drug-likeness (QED) is 0.215. The van der Waals surface area contributed by atoms with E-state index in [-0.39, 0.29) is 18.8 Å². The maximum Gasteiger partial charge on any atom is 0.329 e. The number of ether oxygens (including phenoxy) is 2. The lowest BCUT2D eigenvalue weighted by Crippen LogP contribution is -2.39. The molecule has 152 valence electrons. The highest BCUT2D eigenvalue weighted by atomic mass is 16.6. The van der Waals surface area contributed by atoms with Gasteiger partial charge in [-0.2, -0.15) is 5.10 Å². The van der Waals surface area contributed by atoms with Crippen LogP contribution in [-0.2, 0) is 20.9 Å². The van der Waals surface area contributed by atoms with E-state index < -0.39 is 16.7 Å². The van der Waals surface area contributed by atoms with Crippen LogP contribution in [-0.4, -0.2) is 43.2 Å². The summed E-state index contributed by atoms with van der Waals surface area (Å²) in [5, 5.41) is 16.8. The zero-order chi connectivity index (χ0) is 21.1. The first-order valence-corrected chi connectivity index (χ1v) is 8.56. The zero-order valence-electron chi connectivity index (χ0n) is 15.7. The van der Waals surface area contributed by atoms with Crippen molar-refractivity contribution in [2.75, 3.05) is 20.3 Å². The number of carbonyl (C=O) groups excluding carboxylic acids is 2. The number of hydrazone groups is 1. The molecule has 2 rings (SSSR count). The number of nitrogens with one attached hydrogen (secondary N) is 2. The average Bonchev–Trinajstić information content (AvgIpc) is 2.73. The van der Waals surface area contributed by atoms with Crippen molar-refractivity contribution in [1.82, 2.24) is 10.7 Å². The van der Waals surface area contributed by atoms with Crippen LogP contribution in [0.4, 0.5) is 5.69 Å². The third-order valence-electron chi connectivity index (χ3n) is 3.63. The molecular weight excluding hydrogens is 380 g/mol. The first kappa shape index (κ1) is 21.5. The summed E-state index contributed by atoms with van der Waals surface area (Å²) < 4.78 is 10.5. The fraction of sp³-hybridized carbons (Fsp3) is 0.211. The van der Waals surface area contributed by atoms with Crippen LogP contribution in [0.15, 0.2) is 53.6 Å². The Bertz CT molecular complexity index is 883. The Kier molecular flexibility index (Phi) is 8.27. The van der Waals surface area contributed by atoms with E-state index >= 15 is 0 Å². The molecule has 0 atom stereocenters. The summed E-state index contributed by atoms with van der Waals surface area (Å²) >= 11 is 0. The molecule has 0 saturated heterocycles. The van der Waals surface area contributed by atoms with Gasteiger partial charge in [0.1, 0.15) is 12.4 Å². The molecule has 0 aliphatic rings. The molecule has 2 N–H and O–H groups in total. The molecule has 2 aromatic rings. The predicted molar refractivity (Wildman–Crippen MR) is 104 cm³/mol. The number of non-ortho nitro benzene ring substituents is 1. The Morgan fingerprint density at radius 2 is 1.86 bits per heavy atom. The van der Waals surface area contributed by atoms with Crippen LogP contribution in [0.25, 0.3) is 0 Å². The summed E-state index contributed by atoms with van der Waals surface area (Å²) in [6, 6.07) is 13.0. The minimum absolute atomic E-state index is 0.00304. The second-order valence-electron chi connectivity index (χ2n) is 5.70. The first-order chi connectivity index (χ1) is 14.0. The van der Waals surface area contributed by atoms with Gasteiger partial charge in [-0.1, -0.05) is 12.1 Å². The number of amides is 2. The van der Waals surface area contributed by atoms with Crippen LogP contribution in [0.1, 0.15) is 11.1 Å². The minimum atomic E-state index is -0.901. The van der Waals surface area contributed by atoms with Gasteiger partial charge in [-0.3, -0.25) is 19.7 Å². The summed E-state index contributed by atoms with van der Waals surface area (Å²) in [6.45, 7) is 0.699. The molecule has 10 heteroatoms. The molecule has 0 aliphatic carbocycles. The summed E-state index contributed by atoms with van der Waals surface area (Å²) in [5.74, 6) is -1.23. The molecule has 0 aromatic heterocycles. The van der Waals surface area contributed by atoms with Crippen molar-refractivity contribution >= 4 is 23.7 Å². The largest absolute Gasteiger partial charge is 0.488 e. The number of benzene rings is 2. The van der Waals surface area contributed by atoms with Gasteiger partial charge >= 0.3 is 11.8 Å². The molecule has 0 saturated carbocycles. The number of nitrogens with zero attached hydrogens (tertiary/aromatic N) is 2. The summed E-state index contributed by atoms with van der Waals surface area (Å²) in [6.07, 6.45) is 1.35. The predicted octanol–water partition coefficient (Wildman–Crippen LogP) is 1.39. The van der Waals surface area contributed by atoms with Gasteiger partial charge in [-0.25, -0.2) is 5.43 Å². The van der Waals surface area contributed by atoms with Gasteiger partial charge < -0.3 is 14.8 Å². The van der Waals surface area contributed by atoms with Crippen LogP contribution in [0.2, 0.25) is 0 Å². The third-order valence-corrected chi connectivity index (χ3v) is 3.63. The van der Waals surface area contributed by atoms with Crippen molar-refractivity contribution in [3.63, 3.8) is 0 Å². The Balaban J connectivity index is 1.92. The number of hydrogen-bond acceptors (Lipinski definition) is 7. The molecule has 0 heterocycles. The Morgan fingerprint density at radius 1 is 1.14 bits per heavy atom. The lowest BCUT2D eigenvalue weighted by Gasteiger charge is -2.09. The second kappa shape index (κ2) is 11.1. The molecule has 0 fully saturated rings. The average molecular weight is 400 g/mol. The van der Waals surface area contributed by atoms with Gasteiger partial charge in [0.25, 0.3) is 5.69 Å². The van der Waals surface area contributed by atoms with Crippen LogP contribution < -0.4 is 15.5 Å². The number of rotatable bonds is 9. The zero-order valence-corrected chi connectivity index (χ0v) is 15.7. The fourth-order valence-corrected chi connectivity index (χ4v) is 2.15. The first-order valence-electron chi connectivity index (χ1n) is 8.56. The normalized spacial score (nSPS) is 10.5. The molecule has 0 bridgehead atoms. The van der Waals surface area contributed by atoms with Crippen LogP contribution in [0, 0.1) is 10.1 Å². The topological polar surface area (TPSA) is 132 Å². The van der Waals surface area contributed by atoms with Crippen LogP contribution in [0.5, 0.6) is 5.75 Å². The molecule has 10 nitrogen and oxygen atoms in total. The number of hydrogen-bond donors (Lipinski definition) is 2. The maximum atomic E-state index is 11.6. The van der Waals surface area contributed by atoms with E-state index in [4.69, 9.17) is 9.47 Å². The molecule has 0 unspecified atom stereocenters. The van der Waals surface area contributed by atoms with Gasteiger partial charge in [0, 0.05) is 31.4 Å². The van der Waals surface area contributed by atoms with Gasteiger partial charge in [-0.05, 0) is 29.8 Å². The highest BCUT2D eigenvalue weighted by molar-refractivity contribution is 6.35. The van der Waals surface area contributed by atoms with E-state index in [0.29, 0.717) is 17.9 Å². The molecule has 0 radical (unpaired) electrons. The second-order valence-corrected chi connectivity index (χ2v) is 5.70. The monoisotopic (exact) mass is 400 g/mol. The maximum absolute atomic E-state index is 11.6. The smallest absolute Gasteiger partial charge is 0.329 e. The minimum Gasteiger partial charge on any atom is -0.488 e. The lowest BCUT2D eigenvalue weighted by atomic mass is 10.2. The third kappa shape index (κ3) is 7.03. The standard InChI is InChI=1S/C19H20N4O6/c1-28-11-10-20-18(24)19(25)22-21-12-15-4-2-3-5-17(15)29-13-14-6-8-16(9-7-14)23(26)27/h2-9,12H,10-11,13H2,1H3,(H,20,24)(H,22,25)/b21-12-. The molecule has 0 aliphatic heterocycles. The highest BCUT2D eigenvalue weighted by Gasteiger charge is 2.11. The Hall–Kier alpha value is -3.79. The van der Waals surface area contributed by atoms with Crippen LogP contribution >= 0.6 is 0 Å². The fourth-order valence-electron chi connectivity index (χ4n) is 2.15. The van der Waals surface area contributed by atoms with Crippen molar-refractivity contribution in [3.8, 4) is 5.75 Å². The van der Waals surface area contributed by atoms with E-state index in [0.717, 1.165) is 5.56 Å². The van der Waals surface area contributed by atoms with Gasteiger partial charge in [0.2, 0.25) is 0 Å². The van der Waals surface area contributed by atoms with E-state index in [9.17, 15) is 19.7 Å². The summed E-state index contributed by atoms with van der Waals surface area (Å²) in [7, 11) is 1.48. The van der Waals surface area contributed by atoms with Gasteiger partial charge in [-0.15, -0.1) is 0 Å². The molecular formula is C19H20N4O6. The summed E-state index contributed by atoms with van der Waals surface area (Å²) in [5.41, 5.74) is 3.47. The summed E-state index contributed by atoms with van der Waals surface area (Å²) in [4.78, 5) is 33.4. The molecule has 0 spiro atoms. The molecule has 2 amide bonds. The lowest BCUT2D eigenvalue weighted by molar-refractivity contribution is -0.384. The highest BCUT2D eigenvalue weighted by Crippen LogP contribution is 2.18. The van der Waals surface area contributed by atoms with E-state index in [2.05, 4.69) is 15.8 Å². The SMILES string of the molecule is COCCNC(=O)C(=O)N/N=C\c1ccccc1OCc1ccc([N+](=O)[O-])cc1. The van der Waals surface area contributed by atoms with Crippen molar-refractivity contribution < 1.29 is 24.0 Å². The van der Waals surface area contributed by atoms with E-state index in [1.165, 1.54) is 25.5 Å². The number of carbonyl (C=O) groups is 2. The number of nitro benzene ring substituents is 1. The molecule has 2 aromatic carbocycles. The van der Waals surface area contributed by atoms with E-state index in [1.54, 1.807) is 36.4 Å². The van der Waals surface area contributed by atoms with Gasteiger partial charge in [0.05, 0.1) is 17.7 Å². The van der Waals surface area contributed by atoms with E-state index in [1.807, 2.05) is 0 Å². The van der Waals surface area contributed by atoms with Crippen molar-refractivity contribution in [2.24, 2.45) is 5.10 Å². The number of para-hydroxylation sites is 1. The van der Waals surface area contributed by atoms with Gasteiger partial charge in [0.15, 0.2) is 0 Å². The number of nitro groups is 1. The Labute approximate surface area is 166 Å². The number of methoxy groups -OCH3 is 1. The van der Waals surface area contributed by atoms with Crippen molar-refractivity contribution in [3.05, 3.63) is 69.8 Å². The van der Waals surface area contributed by atoms with Crippen molar-refractivity contribution in [1.29, 1.82) is 0 Å². The van der Waals surface area contributed by atoms with Crippen molar-refractivity contribution in [2.45, 2.75) is 6.61 Å². The molecule has 29 heavy (non-hydrogen) atoms. The van der Waals surface area contributed by atoms with Crippen LogP contribution in [0.3, 0.4) is 0 Å². The Morgan fingerprint density at radius 3 is 2.55 bits per heavy atom.